The van der Waals surface area contributed by atoms with Crippen LogP contribution in [-0.4, -0.2) is 50.7 Å². The van der Waals surface area contributed by atoms with Gasteiger partial charge in [-0.1, -0.05) is 20.8 Å². The van der Waals surface area contributed by atoms with Gasteiger partial charge in [0.2, 0.25) is 0 Å². The second-order valence-electron chi connectivity index (χ2n) is 7.87. The van der Waals surface area contributed by atoms with Gasteiger partial charge in [0, 0.05) is 45.8 Å². The molecule has 0 aliphatic carbocycles. The molecule has 2 aliphatic rings. The van der Waals surface area contributed by atoms with Crippen LogP contribution >= 0.6 is 0 Å². The van der Waals surface area contributed by atoms with E-state index in [1.165, 1.54) is 0 Å². The van der Waals surface area contributed by atoms with Gasteiger partial charge >= 0.3 is 0 Å². The van der Waals surface area contributed by atoms with Crippen molar-refractivity contribution in [3.05, 3.63) is 20.4 Å². The van der Waals surface area contributed by atoms with Gasteiger partial charge in [0.1, 0.15) is 11.4 Å². The Hall–Kier alpha value is -1.36. The highest BCUT2D eigenvalue weighted by atomic mass is 16.2. The molecule has 22 heavy (non-hydrogen) atoms. The molecule has 0 atom stereocenters. The predicted molar refractivity (Wildman–Crippen MR) is 90.9 cm³/mol. The van der Waals surface area contributed by atoms with Crippen molar-refractivity contribution in [2.45, 2.75) is 33.6 Å². The Bertz CT molecular complexity index is 596. The van der Waals surface area contributed by atoms with Crippen molar-refractivity contribution in [3.63, 3.8) is 0 Å². The predicted octanol–water partition coefficient (Wildman–Crippen LogP) is 1.05. The Labute approximate surface area is 132 Å². The van der Waals surface area contributed by atoms with Crippen LogP contribution in [-0.2, 0) is 0 Å². The summed E-state index contributed by atoms with van der Waals surface area (Å²) in [6.07, 6.45) is 2.25. The third-order valence-corrected chi connectivity index (χ3v) is 4.67. The number of hydrogen-bond acceptors (Lipinski definition) is 5. The first-order valence-electron chi connectivity index (χ1n) is 8.42. The summed E-state index contributed by atoms with van der Waals surface area (Å²) in [5, 5.41) is 0. The molecule has 2 saturated heterocycles. The molecule has 0 aromatic heterocycles. The topological polar surface area (TPSA) is 43.9 Å². The number of hydrogen-bond donors (Lipinski definition) is 0. The van der Waals surface area contributed by atoms with E-state index in [0.29, 0.717) is 16.8 Å². The molecule has 0 unspecified atom stereocenters. The summed E-state index contributed by atoms with van der Waals surface area (Å²) < 4.78 is 0. The molecule has 0 saturated carbocycles. The van der Waals surface area contributed by atoms with Crippen LogP contribution in [0.25, 0.3) is 0 Å². The van der Waals surface area contributed by atoms with Gasteiger partial charge in [0.25, 0.3) is 10.9 Å². The Kier molecular flexibility index (Phi) is 4.02. The number of nitrogens with zero attached hydrogens (tertiary/aromatic N) is 3. The molecular weight excluding hydrogens is 278 g/mol. The average molecular weight is 305 g/mol. The highest BCUT2D eigenvalue weighted by molar-refractivity contribution is 5.76. The highest BCUT2D eigenvalue weighted by Crippen LogP contribution is 2.28. The first-order valence-corrected chi connectivity index (χ1v) is 8.42. The summed E-state index contributed by atoms with van der Waals surface area (Å²) >= 11 is 0. The lowest BCUT2D eigenvalue weighted by molar-refractivity contribution is 0.182. The van der Waals surface area contributed by atoms with Crippen LogP contribution in [0.3, 0.4) is 0 Å². The number of anilines is 2. The van der Waals surface area contributed by atoms with E-state index in [1.807, 2.05) is 0 Å². The van der Waals surface area contributed by atoms with E-state index in [1.54, 1.807) is 0 Å². The summed E-state index contributed by atoms with van der Waals surface area (Å²) in [5.41, 5.74) is 1.15. The molecule has 0 N–H and O–H groups in total. The molecule has 122 valence electrons. The molecule has 1 aromatic rings. The zero-order valence-corrected chi connectivity index (χ0v) is 14.0. The zero-order chi connectivity index (χ0) is 15.9. The van der Waals surface area contributed by atoms with Gasteiger partial charge in [-0.25, -0.2) is 0 Å². The molecule has 2 heterocycles. The summed E-state index contributed by atoms with van der Waals surface area (Å²) in [6, 6.07) is 0. The van der Waals surface area contributed by atoms with Crippen LogP contribution < -0.4 is 20.7 Å². The minimum absolute atomic E-state index is 0.269. The first kappa shape index (κ1) is 15.5. The fourth-order valence-electron chi connectivity index (χ4n) is 3.70. The van der Waals surface area contributed by atoms with E-state index < -0.39 is 0 Å². The third-order valence-electron chi connectivity index (χ3n) is 4.67. The quantitative estimate of drug-likeness (QED) is 0.781. The molecule has 1 aromatic carbocycles. The van der Waals surface area contributed by atoms with Gasteiger partial charge < -0.3 is 9.80 Å². The Balaban J connectivity index is 1.68. The maximum absolute atomic E-state index is 12.0. The van der Waals surface area contributed by atoms with E-state index in [0.717, 1.165) is 58.7 Å². The highest BCUT2D eigenvalue weighted by Gasteiger charge is 2.32. The van der Waals surface area contributed by atoms with E-state index in [9.17, 15) is 9.59 Å². The summed E-state index contributed by atoms with van der Waals surface area (Å²) in [6.45, 7) is 13.3. The van der Waals surface area contributed by atoms with Crippen LogP contribution in [0.15, 0.2) is 9.59 Å². The summed E-state index contributed by atoms with van der Waals surface area (Å²) in [5.74, 6) is 0. The van der Waals surface area contributed by atoms with Crippen LogP contribution in [0, 0.1) is 5.41 Å². The lowest BCUT2D eigenvalue weighted by atomic mass is 9.95. The molecule has 0 bridgehead atoms. The van der Waals surface area contributed by atoms with Crippen molar-refractivity contribution in [1.82, 2.24) is 4.90 Å². The van der Waals surface area contributed by atoms with Crippen LogP contribution in [0.5, 0.6) is 0 Å². The smallest absolute Gasteiger partial charge is 0.253 e. The fraction of sp³-hybridized carbons (Fsp3) is 0.765. The Morgan fingerprint density at radius 1 is 0.773 bits per heavy atom. The van der Waals surface area contributed by atoms with Crippen molar-refractivity contribution in [2.24, 2.45) is 5.41 Å². The molecular formula is C17H27N3O2. The zero-order valence-electron chi connectivity index (χ0n) is 14.0. The summed E-state index contributed by atoms with van der Waals surface area (Å²) in [4.78, 5) is 30.7. The van der Waals surface area contributed by atoms with E-state index in [2.05, 4.69) is 35.5 Å². The molecule has 0 amide bonds. The Morgan fingerprint density at radius 3 is 1.68 bits per heavy atom. The van der Waals surface area contributed by atoms with Crippen molar-refractivity contribution in [3.8, 4) is 0 Å². The van der Waals surface area contributed by atoms with Crippen molar-refractivity contribution in [2.75, 3.05) is 55.6 Å². The van der Waals surface area contributed by atoms with Crippen molar-refractivity contribution < 1.29 is 0 Å². The standard InChI is InChI=1S/C17H27N3O2/c1-17(2,3)12-18-8-10-20(11-9-18)14-13(15(21)16(14)22)19-6-4-5-7-19/h4-12H2,1-3H3. The van der Waals surface area contributed by atoms with Crippen molar-refractivity contribution >= 4 is 11.4 Å². The molecule has 2 fully saturated rings. The molecule has 2 aliphatic heterocycles. The maximum atomic E-state index is 12.0. The lowest BCUT2D eigenvalue weighted by Gasteiger charge is -2.40. The number of piperazine rings is 1. The van der Waals surface area contributed by atoms with Crippen molar-refractivity contribution in [1.29, 1.82) is 0 Å². The second kappa shape index (κ2) is 5.69. The number of rotatable bonds is 3. The van der Waals surface area contributed by atoms with Gasteiger partial charge in [-0.15, -0.1) is 0 Å². The van der Waals surface area contributed by atoms with Gasteiger partial charge in [0.05, 0.1) is 0 Å². The normalized spacial score (nSPS) is 21.0. The SMILES string of the molecule is CC(C)(C)CN1CCN(c2c(N3CCCC3)c(=O)c2=O)CC1. The monoisotopic (exact) mass is 305 g/mol. The van der Waals surface area contributed by atoms with Gasteiger partial charge in [0.15, 0.2) is 0 Å². The van der Waals surface area contributed by atoms with E-state index in [4.69, 9.17) is 0 Å². The fourth-order valence-corrected chi connectivity index (χ4v) is 3.70. The lowest BCUT2D eigenvalue weighted by Crippen LogP contribution is -2.53. The van der Waals surface area contributed by atoms with E-state index >= 15 is 0 Å². The summed E-state index contributed by atoms with van der Waals surface area (Å²) in [7, 11) is 0. The molecule has 0 spiro atoms. The van der Waals surface area contributed by atoms with Crippen LogP contribution in [0.1, 0.15) is 33.6 Å². The molecule has 5 heteroatoms. The molecule has 3 rings (SSSR count). The van der Waals surface area contributed by atoms with Crippen LogP contribution in [0.2, 0.25) is 0 Å². The van der Waals surface area contributed by atoms with E-state index in [-0.39, 0.29) is 10.9 Å². The third kappa shape index (κ3) is 2.91. The van der Waals surface area contributed by atoms with Gasteiger partial charge in [-0.2, -0.15) is 0 Å². The molecule has 0 radical (unpaired) electrons. The largest absolute Gasteiger partial charge is 0.366 e. The minimum Gasteiger partial charge on any atom is -0.366 e. The second-order valence-corrected chi connectivity index (χ2v) is 7.87. The molecule has 5 nitrogen and oxygen atoms in total. The van der Waals surface area contributed by atoms with Crippen LogP contribution in [0.4, 0.5) is 11.4 Å². The van der Waals surface area contributed by atoms with Gasteiger partial charge in [-0.3, -0.25) is 14.5 Å². The minimum atomic E-state index is -0.272. The maximum Gasteiger partial charge on any atom is 0.253 e. The van der Waals surface area contributed by atoms with Gasteiger partial charge in [-0.05, 0) is 18.3 Å². The Morgan fingerprint density at radius 2 is 1.23 bits per heavy atom. The average Bonchev–Trinajstić information content (AvgIpc) is 2.96. The first-order chi connectivity index (χ1) is 10.4.